The third-order valence-corrected chi connectivity index (χ3v) is 3.28. The number of nitro groups is 1. The zero-order valence-corrected chi connectivity index (χ0v) is 12.2. The monoisotopic (exact) mass is 337 g/mol. The lowest BCUT2D eigenvalue weighted by atomic mass is 10.1. The molecule has 1 unspecified atom stereocenters. The minimum atomic E-state index is -1.61. The van der Waals surface area contributed by atoms with Crippen LogP contribution in [-0.4, -0.2) is 22.5 Å². The van der Waals surface area contributed by atoms with Crippen molar-refractivity contribution in [1.29, 1.82) is 0 Å². The number of nitrogens with one attached hydrogen (secondary N) is 1. The van der Waals surface area contributed by atoms with Crippen LogP contribution >= 0.6 is 0 Å². The Morgan fingerprint density at radius 1 is 1.29 bits per heavy atom. The van der Waals surface area contributed by atoms with Crippen LogP contribution < -0.4 is 11.1 Å². The molecule has 0 aliphatic heterocycles. The Hall–Kier alpha value is -3.07. The van der Waals surface area contributed by atoms with Gasteiger partial charge in [0, 0.05) is 18.2 Å². The largest absolute Gasteiger partial charge is 0.393 e. The van der Waals surface area contributed by atoms with Crippen molar-refractivity contribution in [2.45, 2.75) is 6.10 Å². The van der Waals surface area contributed by atoms with E-state index < -0.39 is 46.4 Å². The van der Waals surface area contributed by atoms with Crippen LogP contribution in [0.25, 0.3) is 0 Å². The van der Waals surface area contributed by atoms with Crippen LogP contribution in [0, 0.1) is 21.7 Å². The van der Waals surface area contributed by atoms with Crippen LogP contribution in [0.5, 0.6) is 0 Å². The van der Waals surface area contributed by atoms with E-state index in [9.17, 15) is 28.8 Å². The van der Waals surface area contributed by atoms with E-state index in [1.165, 1.54) is 12.1 Å². The molecule has 0 bridgehead atoms. The Balaban J connectivity index is 2.11. The average molecular weight is 337 g/mol. The van der Waals surface area contributed by atoms with Crippen LogP contribution in [0.1, 0.15) is 22.0 Å². The number of carbonyl (C=O) groups excluding carboxylic acids is 1. The van der Waals surface area contributed by atoms with Crippen molar-refractivity contribution in [1.82, 2.24) is 5.32 Å². The minimum absolute atomic E-state index is 0.0721. The molecule has 0 aliphatic rings. The number of halogens is 2. The van der Waals surface area contributed by atoms with Gasteiger partial charge in [0.05, 0.1) is 10.5 Å². The highest BCUT2D eigenvalue weighted by Gasteiger charge is 2.20. The van der Waals surface area contributed by atoms with Crippen molar-refractivity contribution in [3.8, 4) is 0 Å². The molecule has 4 N–H and O–H groups in total. The molecule has 0 radical (unpaired) electrons. The fraction of sp³-hybridized carbons (Fsp3) is 0.133. The highest BCUT2D eigenvalue weighted by molar-refractivity contribution is 5.95. The molecule has 2 aromatic carbocycles. The normalized spacial score (nSPS) is 11.8. The van der Waals surface area contributed by atoms with Crippen LogP contribution in [0.3, 0.4) is 0 Å². The summed E-state index contributed by atoms with van der Waals surface area (Å²) in [5.74, 6) is -2.64. The summed E-state index contributed by atoms with van der Waals surface area (Å²) >= 11 is 0. The van der Waals surface area contributed by atoms with Crippen molar-refractivity contribution >= 4 is 17.3 Å². The average Bonchev–Trinajstić information content (AvgIpc) is 2.52. The van der Waals surface area contributed by atoms with Gasteiger partial charge in [0.15, 0.2) is 0 Å². The van der Waals surface area contributed by atoms with Gasteiger partial charge >= 0.3 is 0 Å². The van der Waals surface area contributed by atoms with E-state index in [0.717, 1.165) is 24.3 Å². The van der Waals surface area contributed by atoms with Gasteiger partial charge in [0.25, 0.3) is 11.6 Å². The van der Waals surface area contributed by atoms with Crippen LogP contribution in [0.15, 0.2) is 36.4 Å². The lowest BCUT2D eigenvalue weighted by molar-refractivity contribution is -0.383. The quantitative estimate of drug-likeness (QED) is 0.437. The minimum Gasteiger partial charge on any atom is -0.393 e. The summed E-state index contributed by atoms with van der Waals surface area (Å²) in [7, 11) is 0. The number of amides is 1. The number of aliphatic hydroxyl groups is 1. The van der Waals surface area contributed by atoms with E-state index in [1.54, 1.807) is 0 Å². The van der Waals surface area contributed by atoms with Gasteiger partial charge in [0.2, 0.25) is 0 Å². The first kappa shape index (κ1) is 17.3. The van der Waals surface area contributed by atoms with E-state index >= 15 is 0 Å². The van der Waals surface area contributed by atoms with Gasteiger partial charge in [-0.1, -0.05) is 6.07 Å². The van der Waals surface area contributed by atoms with E-state index in [0.29, 0.717) is 0 Å². The maximum atomic E-state index is 13.5. The van der Waals surface area contributed by atoms with Crippen molar-refractivity contribution in [3.05, 3.63) is 69.3 Å². The molecule has 1 atom stereocenters. The first-order valence-corrected chi connectivity index (χ1v) is 6.75. The Bertz CT molecular complexity index is 778. The zero-order chi connectivity index (χ0) is 17.9. The number of carbonyl (C=O) groups is 1. The van der Waals surface area contributed by atoms with Gasteiger partial charge in [-0.3, -0.25) is 14.9 Å². The molecule has 0 heterocycles. The molecule has 0 aliphatic carbocycles. The van der Waals surface area contributed by atoms with E-state index in [1.807, 2.05) is 0 Å². The lowest BCUT2D eigenvalue weighted by Gasteiger charge is -2.14. The number of hydrogen-bond donors (Lipinski definition) is 3. The molecule has 0 saturated heterocycles. The first-order chi connectivity index (χ1) is 11.3. The van der Waals surface area contributed by atoms with Crippen LogP contribution in [0.2, 0.25) is 0 Å². The Morgan fingerprint density at radius 2 is 1.92 bits per heavy atom. The van der Waals surface area contributed by atoms with Crippen LogP contribution in [0.4, 0.5) is 20.2 Å². The number of hydrogen-bond acceptors (Lipinski definition) is 5. The topological polar surface area (TPSA) is 118 Å². The van der Waals surface area contributed by atoms with Gasteiger partial charge in [-0.2, -0.15) is 0 Å². The zero-order valence-electron chi connectivity index (χ0n) is 12.2. The standard InChI is InChI=1S/C15H13F2N3O4/c16-9-2-1-3-10(17)14(9)13(21)7-19-15(22)8-4-5-11(18)12(6-8)20(23)24/h1-6,13,21H,7,18H2,(H,19,22). The second kappa shape index (κ2) is 7.01. The summed E-state index contributed by atoms with van der Waals surface area (Å²) < 4.78 is 27.1. The van der Waals surface area contributed by atoms with Crippen LogP contribution in [-0.2, 0) is 0 Å². The number of anilines is 1. The fourth-order valence-corrected chi connectivity index (χ4v) is 2.07. The molecule has 0 saturated carbocycles. The van der Waals surface area contributed by atoms with Crippen molar-refractivity contribution in [2.24, 2.45) is 0 Å². The van der Waals surface area contributed by atoms with E-state index in [4.69, 9.17) is 5.73 Å². The number of rotatable bonds is 5. The van der Waals surface area contributed by atoms with Crippen molar-refractivity contribution < 1.29 is 23.6 Å². The second-order valence-electron chi connectivity index (χ2n) is 4.89. The SMILES string of the molecule is Nc1ccc(C(=O)NCC(O)c2c(F)cccc2F)cc1[N+](=O)[O-]. The maximum Gasteiger partial charge on any atom is 0.292 e. The molecule has 2 rings (SSSR count). The third kappa shape index (κ3) is 3.63. The first-order valence-electron chi connectivity index (χ1n) is 6.75. The number of nitrogen functional groups attached to an aromatic ring is 1. The smallest absolute Gasteiger partial charge is 0.292 e. The Kier molecular flexibility index (Phi) is 5.05. The van der Waals surface area contributed by atoms with Crippen molar-refractivity contribution in [3.63, 3.8) is 0 Å². The van der Waals surface area contributed by atoms with Gasteiger partial charge in [-0.15, -0.1) is 0 Å². The second-order valence-corrected chi connectivity index (χ2v) is 4.89. The molecule has 0 spiro atoms. The number of nitro benzene ring substituents is 1. The summed E-state index contributed by atoms with van der Waals surface area (Å²) in [5.41, 5.74) is 4.24. The summed E-state index contributed by atoms with van der Waals surface area (Å²) in [6.07, 6.45) is -1.61. The molecular weight excluding hydrogens is 324 g/mol. The van der Waals surface area contributed by atoms with E-state index in [-0.39, 0.29) is 11.3 Å². The molecule has 126 valence electrons. The number of benzene rings is 2. The Labute approximate surface area is 134 Å². The number of nitrogens with zero attached hydrogens (tertiary/aromatic N) is 1. The molecular formula is C15H13F2N3O4. The molecule has 7 nitrogen and oxygen atoms in total. The number of aliphatic hydroxyl groups excluding tert-OH is 1. The third-order valence-electron chi connectivity index (χ3n) is 3.28. The molecule has 1 amide bonds. The van der Waals surface area contributed by atoms with Gasteiger partial charge < -0.3 is 16.2 Å². The summed E-state index contributed by atoms with van der Waals surface area (Å²) in [5, 5.41) is 22.9. The van der Waals surface area contributed by atoms with Gasteiger partial charge in [0.1, 0.15) is 23.4 Å². The highest BCUT2D eigenvalue weighted by atomic mass is 19.1. The number of nitrogens with two attached hydrogens (primary N) is 1. The summed E-state index contributed by atoms with van der Waals surface area (Å²) in [6, 6.07) is 6.53. The lowest BCUT2D eigenvalue weighted by Crippen LogP contribution is -2.29. The highest BCUT2D eigenvalue weighted by Crippen LogP contribution is 2.23. The Morgan fingerprint density at radius 3 is 2.50 bits per heavy atom. The maximum absolute atomic E-state index is 13.5. The predicted molar refractivity (Wildman–Crippen MR) is 81.2 cm³/mol. The summed E-state index contributed by atoms with van der Waals surface area (Å²) in [6.45, 7) is -0.477. The molecule has 24 heavy (non-hydrogen) atoms. The predicted octanol–water partition coefficient (Wildman–Crippen LogP) is 1.92. The van der Waals surface area contributed by atoms with Crippen molar-refractivity contribution in [2.75, 3.05) is 12.3 Å². The van der Waals surface area contributed by atoms with Gasteiger partial charge in [-0.05, 0) is 24.3 Å². The van der Waals surface area contributed by atoms with Gasteiger partial charge in [-0.25, -0.2) is 8.78 Å². The molecule has 2 aromatic rings. The summed E-state index contributed by atoms with van der Waals surface area (Å²) in [4.78, 5) is 22.0. The fourth-order valence-electron chi connectivity index (χ4n) is 2.07. The molecule has 0 aromatic heterocycles. The van der Waals surface area contributed by atoms with E-state index in [2.05, 4.69) is 5.32 Å². The molecule has 0 fully saturated rings. The molecule has 9 heteroatoms.